The van der Waals surface area contributed by atoms with Crippen LogP contribution in [-0.4, -0.2) is 72.5 Å². The van der Waals surface area contributed by atoms with E-state index >= 15 is 0 Å². The Hall–Kier alpha value is -1.39. The van der Waals surface area contributed by atoms with Crippen LogP contribution in [0.25, 0.3) is 0 Å². The third-order valence-corrected chi connectivity index (χ3v) is 4.82. The Balaban J connectivity index is 2.04. The fourth-order valence-electron chi connectivity index (χ4n) is 3.55. The van der Waals surface area contributed by atoms with Crippen molar-refractivity contribution in [3.63, 3.8) is 0 Å². The normalized spacial score (nSPS) is 26.7. The van der Waals surface area contributed by atoms with Crippen molar-refractivity contribution in [2.45, 2.75) is 37.8 Å². The summed E-state index contributed by atoms with van der Waals surface area (Å²) in [4.78, 5) is 19.7. The smallest absolute Gasteiger partial charge is 0.237 e. The molecule has 0 aromatic rings. The molecule has 2 atom stereocenters. The Kier molecular flexibility index (Phi) is 7.06. The van der Waals surface area contributed by atoms with Gasteiger partial charge in [-0.2, -0.15) is 0 Å². The van der Waals surface area contributed by atoms with E-state index in [2.05, 4.69) is 47.1 Å². The van der Waals surface area contributed by atoms with E-state index in [1.807, 2.05) is 12.2 Å². The molecule has 1 amide bonds. The highest BCUT2D eigenvalue weighted by Gasteiger charge is 2.31. The van der Waals surface area contributed by atoms with Gasteiger partial charge in [0.1, 0.15) is 0 Å². The molecular formula is C19H31N3O. The third kappa shape index (κ3) is 5.05. The van der Waals surface area contributed by atoms with Gasteiger partial charge in [-0.05, 0) is 45.8 Å². The molecule has 4 nitrogen and oxygen atoms in total. The third-order valence-electron chi connectivity index (χ3n) is 4.82. The summed E-state index contributed by atoms with van der Waals surface area (Å²) in [6, 6.07) is 0.387. The van der Waals surface area contributed by atoms with E-state index in [9.17, 15) is 4.79 Å². The minimum Gasteiger partial charge on any atom is -0.331 e. The lowest BCUT2D eigenvalue weighted by atomic mass is 9.97. The number of carbonyl (C=O) groups is 1. The van der Waals surface area contributed by atoms with E-state index in [0.29, 0.717) is 6.54 Å². The van der Waals surface area contributed by atoms with Gasteiger partial charge < -0.3 is 9.80 Å². The highest BCUT2D eigenvalue weighted by atomic mass is 16.2. The molecule has 4 heteroatoms. The summed E-state index contributed by atoms with van der Waals surface area (Å²) in [6.07, 6.45) is 11.9. The SMILES string of the molecule is C=CC[C@@H]1CC=C[C@@H](CC=C)N1C(=O)CN1CCCN(C)CC1. The zero-order chi connectivity index (χ0) is 16.7. The highest BCUT2D eigenvalue weighted by molar-refractivity contribution is 5.79. The summed E-state index contributed by atoms with van der Waals surface area (Å²) in [7, 11) is 2.15. The maximum Gasteiger partial charge on any atom is 0.237 e. The maximum absolute atomic E-state index is 13.0. The molecule has 2 rings (SSSR count). The van der Waals surface area contributed by atoms with Gasteiger partial charge in [0.2, 0.25) is 5.91 Å². The van der Waals surface area contributed by atoms with Crippen molar-refractivity contribution in [2.24, 2.45) is 0 Å². The first kappa shape index (κ1) is 18.0. The molecule has 128 valence electrons. The Bertz CT molecular complexity index is 446. The first-order valence-corrected chi connectivity index (χ1v) is 8.76. The largest absolute Gasteiger partial charge is 0.331 e. The second-order valence-corrected chi connectivity index (χ2v) is 6.67. The molecule has 2 heterocycles. The van der Waals surface area contributed by atoms with E-state index in [1.54, 1.807) is 0 Å². The monoisotopic (exact) mass is 317 g/mol. The summed E-state index contributed by atoms with van der Waals surface area (Å²) in [5.41, 5.74) is 0. The molecule has 2 aliphatic rings. The number of carbonyl (C=O) groups excluding carboxylic acids is 1. The van der Waals surface area contributed by atoms with Gasteiger partial charge in [-0.15, -0.1) is 13.2 Å². The molecule has 0 aliphatic carbocycles. The number of hydrogen-bond acceptors (Lipinski definition) is 3. The van der Waals surface area contributed by atoms with E-state index in [-0.39, 0.29) is 18.0 Å². The van der Waals surface area contributed by atoms with Crippen molar-refractivity contribution in [3.05, 3.63) is 37.5 Å². The number of amides is 1. The first-order valence-electron chi connectivity index (χ1n) is 8.76. The van der Waals surface area contributed by atoms with Crippen molar-refractivity contribution in [2.75, 3.05) is 39.8 Å². The minimum absolute atomic E-state index is 0.147. The van der Waals surface area contributed by atoms with Crippen LogP contribution in [0.3, 0.4) is 0 Å². The van der Waals surface area contributed by atoms with Crippen LogP contribution in [0.15, 0.2) is 37.5 Å². The van der Waals surface area contributed by atoms with Crippen molar-refractivity contribution in [1.82, 2.24) is 14.7 Å². The molecular weight excluding hydrogens is 286 g/mol. The molecule has 0 radical (unpaired) electrons. The average Bonchev–Trinajstić information content (AvgIpc) is 2.73. The molecule has 0 aromatic carbocycles. The van der Waals surface area contributed by atoms with Gasteiger partial charge in [0.25, 0.3) is 0 Å². The highest BCUT2D eigenvalue weighted by Crippen LogP contribution is 2.23. The number of nitrogens with zero attached hydrogens (tertiary/aromatic N) is 3. The molecule has 0 saturated carbocycles. The second kappa shape index (κ2) is 9.04. The lowest BCUT2D eigenvalue weighted by Crippen LogP contribution is -2.51. The van der Waals surface area contributed by atoms with E-state index in [0.717, 1.165) is 51.9 Å². The molecule has 23 heavy (non-hydrogen) atoms. The quantitative estimate of drug-likeness (QED) is 0.703. The average molecular weight is 317 g/mol. The Morgan fingerprint density at radius 1 is 1.17 bits per heavy atom. The molecule has 2 aliphatic heterocycles. The van der Waals surface area contributed by atoms with Crippen molar-refractivity contribution >= 4 is 5.91 Å². The van der Waals surface area contributed by atoms with Crippen molar-refractivity contribution in [1.29, 1.82) is 0 Å². The van der Waals surface area contributed by atoms with Crippen LogP contribution in [0.1, 0.15) is 25.7 Å². The summed E-state index contributed by atoms with van der Waals surface area (Å²) in [5.74, 6) is 0.248. The van der Waals surface area contributed by atoms with Crippen LogP contribution in [-0.2, 0) is 4.79 Å². The molecule has 1 fully saturated rings. The zero-order valence-electron chi connectivity index (χ0n) is 14.5. The molecule has 0 aromatic heterocycles. The fourth-order valence-corrected chi connectivity index (χ4v) is 3.55. The summed E-state index contributed by atoms with van der Waals surface area (Å²) >= 11 is 0. The second-order valence-electron chi connectivity index (χ2n) is 6.67. The topological polar surface area (TPSA) is 26.8 Å². The predicted octanol–water partition coefficient (Wildman–Crippen LogP) is 2.30. The van der Waals surface area contributed by atoms with Crippen LogP contribution in [0.2, 0.25) is 0 Å². The van der Waals surface area contributed by atoms with E-state index < -0.39 is 0 Å². The molecule has 0 bridgehead atoms. The maximum atomic E-state index is 13.0. The lowest BCUT2D eigenvalue weighted by molar-refractivity contribution is -0.136. The van der Waals surface area contributed by atoms with Crippen molar-refractivity contribution in [3.8, 4) is 0 Å². The Morgan fingerprint density at radius 3 is 2.70 bits per heavy atom. The predicted molar refractivity (Wildman–Crippen MR) is 96.4 cm³/mol. The summed E-state index contributed by atoms with van der Waals surface area (Å²) < 4.78 is 0. The molecule has 0 unspecified atom stereocenters. The van der Waals surface area contributed by atoms with Crippen LogP contribution >= 0.6 is 0 Å². The van der Waals surface area contributed by atoms with E-state index in [1.165, 1.54) is 0 Å². The molecule has 0 spiro atoms. The number of rotatable bonds is 6. The van der Waals surface area contributed by atoms with Crippen LogP contribution in [0.4, 0.5) is 0 Å². The van der Waals surface area contributed by atoms with Gasteiger partial charge in [0.05, 0.1) is 12.6 Å². The summed E-state index contributed by atoms with van der Waals surface area (Å²) in [6.45, 7) is 12.4. The van der Waals surface area contributed by atoms with Crippen LogP contribution < -0.4 is 0 Å². The van der Waals surface area contributed by atoms with Crippen LogP contribution in [0, 0.1) is 0 Å². The number of hydrogen-bond donors (Lipinski definition) is 0. The molecule has 1 saturated heterocycles. The first-order chi connectivity index (χ1) is 11.2. The van der Waals surface area contributed by atoms with Crippen molar-refractivity contribution < 1.29 is 4.79 Å². The van der Waals surface area contributed by atoms with Gasteiger partial charge in [-0.3, -0.25) is 9.69 Å². The van der Waals surface area contributed by atoms with Gasteiger partial charge >= 0.3 is 0 Å². The summed E-state index contributed by atoms with van der Waals surface area (Å²) in [5, 5.41) is 0. The Morgan fingerprint density at radius 2 is 1.96 bits per heavy atom. The van der Waals surface area contributed by atoms with Gasteiger partial charge in [-0.1, -0.05) is 24.3 Å². The van der Waals surface area contributed by atoms with Crippen LogP contribution in [0.5, 0.6) is 0 Å². The van der Waals surface area contributed by atoms with Gasteiger partial charge in [-0.25, -0.2) is 0 Å². The zero-order valence-corrected chi connectivity index (χ0v) is 14.5. The standard InChI is InChI=1S/C19H31N3O/c1-4-8-17-10-6-11-18(9-5-2)22(17)19(23)16-21-13-7-12-20(3)14-15-21/h4-6,10,17-18H,1-2,7-9,11-16H2,3H3/t17-,18-/m1/s1. The fraction of sp³-hybridized carbons (Fsp3) is 0.632. The number of likely N-dealkylation sites (N-methyl/N-ethyl adjacent to an activating group) is 1. The molecule has 0 N–H and O–H groups in total. The van der Waals surface area contributed by atoms with Gasteiger partial charge in [0.15, 0.2) is 0 Å². The minimum atomic E-state index is 0.147. The van der Waals surface area contributed by atoms with Gasteiger partial charge in [0, 0.05) is 19.1 Å². The lowest BCUT2D eigenvalue weighted by Gasteiger charge is -2.40. The Labute approximate surface area is 141 Å². The van der Waals surface area contributed by atoms with E-state index in [4.69, 9.17) is 0 Å².